The zero-order chi connectivity index (χ0) is 69.7. The molecule has 3 rings (SSSR count). The van der Waals surface area contributed by atoms with E-state index >= 15 is 0 Å². The van der Waals surface area contributed by atoms with Gasteiger partial charge in [0.25, 0.3) is 0 Å². The van der Waals surface area contributed by atoms with E-state index in [9.17, 15) is 68.5 Å². The fourth-order valence-electron chi connectivity index (χ4n) is 8.33. The van der Waals surface area contributed by atoms with Crippen LogP contribution in [0.15, 0.2) is 0 Å². The van der Waals surface area contributed by atoms with Gasteiger partial charge >= 0.3 is 15.6 Å². The van der Waals surface area contributed by atoms with Gasteiger partial charge in [-0.15, -0.1) is 0 Å². The number of nitrogens with zero attached hydrogens (tertiary/aromatic N) is 1. The maximum Gasteiger partial charge on any atom is 0.469 e. The van der Waals surface area contributed by atoms with Gasteiger partial charge in [-0.25, -0.2) is 9.13 Å². The van der Waals surface area contributed by atoms with Crippen LogP contribution in [0.25, 0.3) is 0 Å². The van der Waals surface area contributed by atoms with Crippen LogP contribution >= 0.6 is 15.6 Å². The van der Waals surface area contributed by atoms with Gasteiger partial charge in [0, 0.05) is 77.9 Å². The van der Waals surface area contributed by atoms with Crippen LogP contribution in [0.1, 0.15) is 44.9 Å². The Labute approximate surface area is 544 Å². The van der Waals surface area contributed by atoms with E-state index in [4.69, 9.17) is 98.8 Å². The predicted octanol–water partition coefficient (Wildman–Crippen LogP) is -6.33. The number of imide groups is 1. The highest BCUT2D eigenvalue weighted by Gasteiger charge is 2.46. The first-order valence-corrected chi connectivity index (χ1v) is 33.4. The molecular weight excluding hydrogens is 1310 g/mol. The number of nitrogens with one attached hydrogen (secondary N) is 2. The molecule has 12 unspecified atom stereocenters. The van der Waals surface area contributed by atoms with Crippen molar-refractivity contribution < 1.29 is 169 Å². The number of phosphoric ester groups is 2. The number of methoxy groups -OCH3 is 1. The van der Waals surface area contributed by atoms with Gasteiger partial charge < -0.3 is 132 Å². The number of amides is 4. The van der Waals surface area contributed by atoms with Crippen molar-refractivity contribution in [1.82, 2.24) is 15.5 Å². The van der Waals surface area contributed by atoms with Gasteiger partial charge in [0.05, 0.1) is 153 Å². The summed E-state index contributed by atoms with van der Waals surface area (Å²) in [6, 6.07) is 0. The Balaban J connectivity index is 0.00000135. The van der Waals surface area contributed by atoms with Gasteiger partial charge in [0.1, 0.15) is 66.3 Å². The number of likely N-dealkylation sites (tertiary alicyclic amines) is 1. The topological polar surface area (TPSA) is 534 Å². The van der Waals surface area contributed by atoms with E-state index in [1.807, 2.05) is 0 Å². The minimum absolute atomic E-state index is 0.00914. The Morgan fingerprint density at radius 1 is 0.543 bits per heavy atom. The van der Waals surface area contributed by atoms with E-state index in [0.29, 0.717) is 45.9 Å². The molecule has 0 bridgehead atoms. The first-order valence-electron chi connectivity index (χ1n) is 30.3. The molecule has 3 aliphatic rings. The summed E-state index contributed by atoms with van der Waals surface area (Å²) in [5, 5.41) is 74.1. The second kappa shape index (κ2) is 51.1. The monoisotopic (exact) mass is 1410 g/mol. The van der Waals surface area contributed by atoms with Crippen LogP contribution in [0.4, 0.5) is 0 Å². The van der Waals surface area contributed by atoms with Gasteiger partial charge in [-0.3, -0.25) is 42.7 Å². The van der Waals surface area contributed by atoms with Crippen molar-refractivity contribution in [3.05, 3.63) is 0 Å². The fourth-order valence-corrected chi connectivity index (χ4v) is 9.01. The molecule has 4 amide bonds. The summed E-state index contributed by atoms with van der Waals surface area (Å²) < 4.78 is 105. The molecule has 3 fully saturated rings. The van der Waals surface area contributed by atoms with Crippen molar-refractivity contribution in [1.29, 1.82) is 0 Å². The maximum atomic E-state index is 13.2. The number of carbonyl (C=O) groups excluding carboxylic acids is 6. The van der Waals surface area contributed by atoms with E-state index < -0.39 is 132 Å². The largest absolute Gasteiger partial charge is 0.469 e. The Bertz CT molecular complexity index is 2100. The number of rotatable bonds is 55. The van der Waals surface area contributed by atoms with Crippen LogP contribution < -0.4 is 10.6 Å². The fraction of sp³-hybridized carbons (Fsp3) is 0.887. The summed E-state index contributed by atoms with van der Waals surface area (Å²) in [6.45, 7) is 2.33. The molecule has 94 heavy (non-hydrogen) atoms. The summed E-state index contributed by atoms with van der Waals surface area (Å²) >= 11 is 0. The highest BCUT2D eigenvalue weighted by Crippen LogP contribution is 2.38. The molecule has 3 aliphatic heterocycles. The molecule has 13 N–H and O–H groups in total. The Morgan fingerprint density at radius 2 is 0.947 bits per heavy atom. The molecule has 3 saturated heterocycles. The second-order valence-corrected chi connectivity index (χ2v) is 23.1. The van der Waals surface area contributed by atoms with Gasteiger partial charge in [-0.1, -0.05) is 0 Å². The quantitative estimate of drug-likeness (QED) is 0.00886. The van der Waals surface area contributed by atoms with E-state index in [1.165, 1.54) is 0 Å². The molecule has 0 saturated carbocycles. The Hall–Kier alpha value is -3.14. The lowest BCUT2D eigenvalue weighted by Gasteiger charge is -2.40. The number of phosphoric acid groups is 2. The van der Waals surface area contributed by atoms with Crippen LogP contribution in [0.5, 0.6) is 0 Å². The van der Waals surface area contributed by atoms with E-state index in [-0.39, 0.29) is 169 Å². The van der Waals surface area contributed by atoms with Crippen molar-refractivity contribution in [2.24, 2.45) is 5.92 Å². The third-order valence-corrected chi connectivity index (χ3v) is 14.2. The number of ketones is 2. The Morgan fingerprint density at radius 3 is 1.37 bits per heavy atom. The van der Waals surface area contributed by atoms with Crippen LogP contribution in [-0.2, 0) is 113 Å². The molecule has 12 atom stereocenters. The highest BCUT2D eigenvalue weighted by atomic mass is 31.2. The first kappa shape index (κ1) is 87.0. The summed E-state index contributed by atoms with van der Waals surface area (Å²) in [5.74, 6) is -4.43. The van der Waals surface area contributed by atoms with Gasteiger partial charge in [-0.05, 0) is 12.8 Å². The maximum absolute atomic E-state index is 13.2. The predicted molar refractivity (Wildman–Crippen MR) is 316 cm³/mol. The standard InChI is InChI=1S/C41H78N2O30P2.C12H18BNO5/c1-59-9-10-63-15-12-61-7-4-42-32(45)25-28(29(44)3-2-6-60-11-14-64-17-19-66-21-23-68-40-37(50)35(48)33(46)30(72-40)26-70-74(53,54)55)39(52)43-5-8-62-13-16-65-18-20-67-22-24-69-41-38(51)36(49)34(47)31(73-41)27-71-75(56,57)58;13-10-8-11(17)14(12(10)18)4-3-9(16)2-1-6-19-7-5-15/h28,30-31,33-38,40-41,46-51H,2-27H2,1H3,(H,42,45)(H,43,52)(H2,53,54,55)(H2,56,57,58);10,15H,1-8H2. The number of aliphatic hydroxyl groups is 7. The smallest absolute Gasteiger partial charge is 0.394 e. The number of Topliss-reactive ketones (excluding diaryl/α,β-unsaturated/α-hetero) is 2. The number of aliphatic hydroxyl groups excluding tert-OH is 7. The highest BCUT2D eigenvalue weighted by molar-refractivity contribution is 7.46. The molecule has 0 aromatic heterocycles. The molecule has 3 heterocycles. The van der Waals surface area contributed by atoms with Crippen molar-refractivity contribution in [3.63, 3.8) is 0 Å². The van der Waals surface area contributed by atoms with Crippen LogP contribution in [0.2, 0.25) is 5.82 Å². The molecule has 0 spiro atoms. The van der Waals surface area contributed by atoms with Gasteiger partial charge in [-0.2, -0.15) is 0 Å². The zero-order valence-corrected chi connectivity index (χ0v) is 54.4. The number of ether oxygens (including phenoxy) is 14. The van der Waals surface area contributed by atoms with E-state index in [0.717, 1.165) is 4.90 Å². The molecular formula is C53H96BN3O35P2. The van der Waals surface area contributed by atoms with E-state index in [2.05, 4.69) is 19.7 Å². The van der Waals surface area contributed by atoms with Crippen LogP contribution in [-0.4, -0.2) is 350 Å². The number of carbonyl (C=O) groups is 6. The second-order valence-electron chi connectivity index (χ2n) is 20.6. The van der Waals surface area contributed by atoms with E-state index in [1.54, 1.807) is 7.11 Å². The summed E-state index contributed by atoms with van der Waals surface area (Å²) in [5.41, 5.74) is 0. The lowest BCUT2D eigenvalue weighted by molar-refractivity contribution is -0.301. The average Bonchev–Trinajstić information content (AvgIpc) is 1.04. The first-order chi connectivity index (χ1) is 44.8. The molecule has 0 aliphatic carbocycles. The molecule has 0 aromatic rings. The molecule has 546 valence electrons. The minimum Gasteiger partial charge on any atom is -0.394 e. The molecule has 41 heteroatoms. The van der Waals surface area contributed by atoms with Crippen molar-refractivity contribution in [3.8, 4) is 0 Å². The number of hydrogen-bond acceptors (Lipinski definition) is 31. The van der Waals surface area contributed by atoms with Gasteiger partial charge in [0.15, 0.2) is 12.6 Å². The van der Waals surface area contributed by atoms with Crippen LogP contribution in [0, 0.1) is 5.92 Å². The van der Waals surface area contributed by atoms with Crippen molar-refractivity contribution >= 4 is 58.7 Å². The summed E-state index contributed by atoms with van der Waals surface area (Å²) in [6.07, 6.45) is -15.0. The molecule has 0 aromatic carbocycles. The summed E-state index contributed by atoms with van der Waals surface area (Å²) in [4.78, 5) is 110. The van der Waals surface area contributed by atoms with Gasteiger partial charge in [0.2, 0.25) is 23.6 Å². The lowest BCUT2D eigenvalue weighted by atomic mass is 9.86. The normalized spacial score (nSPS) is 23.7. The number of hydrogen-bond donors (Lipinski definition) is 13. The summed E-state index contributed by atoms with van der Waals surface area (Å²) in [7, 11) is -2.76. The third kappa shape index (κ3) is 39.5. The molecule has 2 radical (unpaired) electrons. The van der Waals surface area contributed by atoms with Crippen LogP contribution in [0.3, 0.4) is 0 Å². The van der Waals surface area contributed by atoms with Crippen molar-refractivity contribution in [2.45, 2.75) is 112 Å². The molecule has 38 nitrogen and oxygen atoms in total. The Kier molecular flexibility index (Phi) is 47.3. The minimum atomic E-state index is -4.89. The zero-order valence-electron chi connectivity index (χ0n) is 52.6. The lowest BCUT2D eigenvalue weighted by Crippen LogP contribution is -2.59. The average molecular weight is 1410 g/mol. The third-order valence-electron chi connectivity index (χ3n) is 13.3. The van der Waals surface area contributed by atoms with Crippen molar-refractivity contribution in [2.75, 3.05) is 185 Å². The SMILES string of the molecule is COCCOCCOCCNC(=O)CC(C(=O)CCCOCCOCCOCCOC1OC(COP(=O)(O)O)C(O)C(O)C1O)C(=O)NCCOCCOCCOCCOC1OC(COP(=O)(O)O)C(O)C(O)C1O.[B]C1CC(=O)N(CCC(=O)CCCOCCO)C1=O.